The van der Waals surface area contributed by atoms with E-state index in [2.05, 4.69) is 21.2 Å². The van der Waals surface area contributed by atoms with Crippen molar-refractivity contribution in [3.8, 4) is 0 Å². The number of halogens is 4. The number of anilines is 2. The van der Waals surface area contributed by atoms with Crippen LogP contribution in [0.4, 0.5) is 15.8 Å². The van der Waals surface area contributed by atoms with Gasteiger partial charge in [0.2, 0.25) is 0 Å². The number of rotatable bonds is 2. The summed E-state index contributed by atoms with van der Waals surface area (Å²) in [5, 5.41) is 2.91. The molecule has 2 rings (SSSR count). The summed E-state index contributed by atoms with van der Waals surface area (Å²) in [4.78, 5) is 12.0. The molecule has 7 heteroatoms. The summed E-state index contributed by atoms with van der Waals surface area (Å²) >= 11 is 14.7. The third kappa shape index (κ3) is 3.23. The molecular weight excluding hydrogens is 370 g/mol. The van der Waals surface area contributed by atoms with Crippen LogP contribution in [0.1, 0.15) is 10.4 Å². The molecule has 1 amide bonds. The molecule has 2 aromatic carbocycles. The Labute approximate surface area is 133 Å². The van der Waals surface area contributed by atoms with E-state index >= 15 is 0 Å². The highest BCUT2D eigenvalue weighted by molar-refractivity contribution is 9.10. The summed E-state index contributed by atoms with van der Waals surface area (Å²) < 4.78 is 13.7. The zero-order chi connectivity index (χ0) is 14.9. The van der Waals surface area contributed by atoms with E-state index in [9.17, 15) is 9.18 Å². The van der Waals surface area contributed by atoms with Gasteiger partial charge in [-0.15, -0.1) is 0 Å². The maximum atomic E-state index is 13.4. The molecule has 0 aliphatic heterocycles. The lowest BCUT2D eigenvalue weighted by Gasteiger charge is -2.08. The molecule has 0 radical (unpaired) electrons. The number of benzene rings is 2. The van der Waals surface area contributed by atoms with Gasteiger partial charge in [0.05, 0.1) is 20.2 Å². The molecule has 104 valence electrons. The number of hydrogen-bond acceptors (Lipinski definition) is 2. The molecule has 0 atom stereocenters. The number of amides is 1. The standard InChI is InChI=1S/C13H8BrCl2FN2O/c14-8-2-1-7(5-11(8)17)19-13(20)6-3-9(15)12(18)10(16)4-6/h1-5H,18H2,(H,19,20). The predicted octanol–water partition coefficient (Wildman–Crippen LogP) is 4.73. The third-order valence-electron chi connectivity index (χ3n) is 2.52. The van der Waals surface area contributed by atoms with Gasteiger partial charge in [-0.1, -0.05) is 23.2 Å². The van der Waals surface area contributed by atoms with E-state index in [-0.39, 0.29) is 21.3 Å². The Balaban J connectivity index is 2.26. The van der Waals surface area contributed by atoms with Crippen molar-refractivity contribution in [2.75, 3.05) is 11.1 Å². The SMILES string of the molecule is Nc1c(Cl)cc(C(=O)Nc2ccc(Br)c(F)c2)cc1Cl. The van der Waals surface area contributed by atoms with Crippen molar-refractivity contribution in [3.05, 3.63) is 56.2 Å². The quantitative estimate of drug-likeness (QED) is 0.743. The summed E-state index contributed by atoms with van der Waals surface area (Å²) in [7, 11) is 0. The van der Waals surface area contributed by atoms with Gasteiger partial charge in [-0.25, -0.2) is 4.39 Å². The van der Waals surface area contributed by atoms with Crippen molar-refractivity contribution in [1.82, 2.24) is 0 Å². The van der Waals surface area contributed by atoms with Gasteiger partial charge in [-0.2, -0.15) is 0 Å². The minimum Gasteiger partial charge on any atom is -0.396 e. The van der Waals surface area contributed by atoms with Gasteiger partial charge in [0.25, 0.3) is 5.91 Å². The maximum Gasteiger partial charge on any atom is 0.255 e. The lowest BCUT2D eigenvalue weighted by molar-refractivity contribution is 0.102. The fraction of sp³-hybridized carbons (Fsp3) is 0. The van der Waals surface area contributed by atoms with Crippen molar-refractivity contribution in [2.45, 2.75) is 0 Å². The number of carbonyl (C=O) groups excluding carboxylic acids is 1. The third-order valence-corrected chi connectivity index (χ3v) is 3.79. The Morgan fingerprint density at radius 2 is 1.80 bits per heavy atom. The van der Waals surface area contributed by atoms with Gasteiger partial charge < -0.3 is 11.1 Å². The second-order valence-electron chi connectivity index (χ2n) is 3.94. The monoisotopic (exact) mass is 376 g/mol. The molecule has 0 aliphatic rings. The summed E-state index contributed by atoms with van der Waals surface area (Å²) in [6, 6.07) is 7.04. The zero-order valence-corrected chi connectivity index (χ0v) is 13.0. The van der Waals surface area contributed by atoms with Gasteiger partial charge in [0.1, 0.15) is 5.82 Å². The van der Waals surface area contributed by atoms with Gasteiger partial charge >= 0.3 is 0 Å². The molecule has 0 unspecified atom stereocenters. The minimum atomic E-state index is -0.476. The average Bonchev–Trinajstić information content (AvgIpc) is 2.39. The number of nitrogens with one attached hydrogen (secondary N) is 1. The molecule has 0 aromatic heterocycles. The molecule has 20 heavy (non-hydrogen) atoms. The van der Waals surface area contributed by atoms with Crippen molar-refractivity contribution < 1.29 is 9.18 Å². The van der Waals surface area contributed by atoms with Crippen molar-refractivity contribution in [2.24, 2.45) is 0 Å². The summed E-state index contributed by atoms with van der Waals surface area (Å²) in [6.07, 6.45) is 0. The van der Waals surface area contributed by atoms with Crippen LogP contribution in [-0.4, -0.2) is 5.91 Å². The van der Waals surface area contributed by atoms with Crippen LogP contribution in [-0.2, 0) is 0 Å². The normalized spacial score (nSPS) is 10.4. The van der Waals surface area contributed by atoms with Gasteiger partial charge in [0, 0.05) is 11.3 Å². The van der Waals surface area contributed by atoms with E-state index in [4.69, 9.17) is 28.9 Å². The van der Waals surface area contributed by atoms with Crippen LogP contribution >= 0.6 is 39.1 Å². The van der Waals surface area contributed by atoms with Crippen LogP contribution in [0.2, 0.25) is 10.0 Å². The number of nitrogen functional groups attached to an aromatic ring is 1. The van der Waals surface area contributed by atoms with E-state index in [1.54, 1.807) is 6.07 Å². The second-order valence-corrected chi connectivity index (χ2v) is 5.61. The first-order valence-electron chi connectivity index (χ1n) is 5.39. The first kappa shape index (κ1) is 15.1. The molecule has 0 aliphatic carbocycles. The Morgan fingerprint density at radius 1 is 1.20 bits per heavy atom. The van der Waals surface area contributed by atoms with Crippen molar-refractivity contribution >= 4 is 56.4 Å². The topological polar surface area (TPSA) is 55.1 Å². The summed E-state index contributed by atoms with van der Waals surface area (Å²) in [5.74, 6) is -0.938. The molecule has 0 spiro atoms. The minimum absolute atomic E-state index is 0.185. The fourth-order valence-corrected chi connectivity index (χ4v) is 2.23. The van der Waals surface area contributed by atoms with E-state index in [0.717, 1.165) is 0 Å². The lowest BCUT2D eigenvalue weighted by Crippen LogP contribution is -2.12. The fourth-order valence-electron chi connectivity index (χ4n) is 1.49. The van der Waals surface area contributed by atoms with Crippen molar-refractivity contribution in [1.29, 1.82) is 0 Å². The van der Waals surface area contributed by atoms with Crippen LogP contribution in [0, 0.1) is 5.82 Å². The first-order chi connectivity index (χ1) is 9.38. The van der Waals surface area contributed by atoms with Crippen LogP contribution in [0.15, 0.2) is 34.8 Å². The number of carbonyl (C=O) groups is 1. The second kappa shape index (κ2) is 5.99. The average molecular weight is 378 g/mol. The number of hydrogen-bond donors (Lipinski definition) is 2. The van der Waals surface area contributed by atoms with Crippen LogP contribution in [0.25, 0.3) is 0 Å². The predicted molar refractivity (Wildman–Crippen MR) is 82.9 cm³/mol. The summed E-state index contributed by atoms with van der Waals surface area (Å²) in [6.45, 7) is 0. The first-order valence-corrected chi connectivity index (χ1v) is 6.94. The van der Waals surface area contributed by atoms with E-state index in [1.165, 1.54) is 24.3 Å². The molecule has 0 fully saturated rings. The smallest absolute Gasteiger partial charge is 0.255 e. The number of nitrogens with two attached hydrogens (primary N) is 1. The molecule has 0 saturated heterocycles. The zero-order valence-electron chi connectivity index (χ0n) is 9.88. The summed E-state index contributed by atoms with van der Waals surface area (Å²) in [5.41, 5.74) is 6.35. The maximum absolute atomic E-state index is 13.4. The van der Waals surface area contributed by atoms with E-state index < -0.39 is 11.7 Å². The van der Waals surface area contributed by atoms with Gasteiger partial charge in [0.15, 0.2) is 0 Å². The highest BCUT2D eigenvalue weighted by Crippen LogP contribution is 2.29. The Hall–Kier alpha value is -1.30. The van der Waals surface area contributed by atoms with Crippen LogP contribution < -0.4 is 11.1 Å². The lowest BCUT2D eigenvalue weighted by atomic mass is 10.2. The van der Waals surface area contributed by atoms with Gasteiger partial charge in [-0.3, -0.25) is 4.79 Å². The van der Waals surface area contributed by atoms with Crippen molar-refractivity contribution in [3.63, 3.8) is 0 Å². The Kier molecular flexibility index (Phi) is 4.52. The molecule has 0 saturated carbocycles. The molecule has 3 nitrogen and oxygen atoms in total. The highest BCUT2D eigenvalue weighted by atomic mass is 79.9. The molecular formula is C13H8BrCl2FN2O. The highest BCUT2D eigenvalue weighted by Gasteiger charge is 2.12. The largest absolute Gasteiger partial charge is 0.396 e. The van der Waals surface area contributed by atoms with Crippen LogP contribution in [0.3, 0.4) is 0 Å². The molecule has 3 N–H and O–H groups in total. The van der Waals surface area contributed by atoms with E-state index in [0.29, 0.717) is 10.2 Å². The Bertz CT molecular complexity index is 671. The molecule has 2 aromatic rings. The molecule has 0 bridgehead atoms. The Morgan fingerprint density at radius 3 is 2.35 bits per heavy atom. The van der Waals surface area contributed by atoms with E-state index in [1.807, 2.05) is 0 Å². The molecule has 0 heterocycles. The van der Waals surface area contributed by atoms with Crippen LogP contribution in [0.5, 0.6) is 0 Å². The van der Waals surface area contributed by atoms with Gasteiger partial charge in [-0.05, 0) is 46.3 Å².